The summed E-state index contributed by atoms with van der Waals surface area (Å²) in [4.78, 5) is 37.7. The molecule has 0 aliphatic rings. The van der Waals surface area contributed by atoms with Gasteiger partial charge >= 0.3 is 17.9 Å². The van der Waals surface area contributed by atoms with Crippen LogP contribution in [0.5, 0.6) is 0 Å². The van der Waals surface area contributed by atoms with E-state index in [9.17, 15) is 14.4 Å². The number of rotatable bonds is 40. The van der Waals surface area contributed by atoms with Crippen molar-refractivity contribution in [3.8, 4) is 0 Å². The first kappa shape index (κ1) is 51.4. The van der Waals surface area contributed by atoms with Crippen molar-refractivity contribution in [2.45, 2.75) is 253 Å². The van der Waals surface area contributed by atoms with Crippen LogP contribution in [-0.4, -0.2) is 37.2 Å². The summed E-state index contributed by atoms with van der Waals surface area (Å²) in [6.07, 6.45) is 35.2. The van der Waals surface area contributed by atoms with Crippen molar-refractivity contribution in [1.29, 1.82) is 0 Å². The van der Waals surface area contributed by atoms with E-state index in [0.29, 0.717) is 19.3 Å². The first-order valence-corrected chi connectivity index (χ1v) is 23.2. The molecule has 0 spiro atoms. The fraction of sp³-hybridized carbons (Fsp3) is 0.936. The molecule has 0 radical (unpaired) electrons. The lowest BCUT2D eigenvalue weighted by Crippen LogP contribution is -2.30. The van der Waals surface area contributed by atoms with Gasteiger partial charge in [-0.05, 0) is 37.0 Å². The van der Waals surface area contributed by atoms with Crippen LogP contribution in [0.1, 0.15) is 247 Å². The molecule has 0 rings (SSSR count). The largest absolute Gasteiger partial charge is 0.462 e. The monoisotopic (exact) mass is 751 g/mol. The quantitative estimate of drug-likeness (QED) is 0.0352. The number of ether oxygens (including phenoxy) is 3. The van der Waals surface area contributed by atoms with E-state index < -0.39 is 6.10 Å². The molecule has 0 aromatic carbocycles. The minimum Gasteiger partial charge on any atom is -0.462 e. The average molecular weight is 751 g/mol. The van der Waals surface area contributed by atoms with Gasteiger partial charge in [-0.3, -0.25) is 14.4 Å². The molecule has 6 heteroatoms. The van der Waals surface area contributed by atoms with E-state index in [1.165, 1.54) is 128 Å². The second-order valence-corrected chi connectivity index (χ2v) is 17.0. The Morgan fingerprint density at radius 1 is 0.377 bits per heavy atom. The van der Waals surface area contributed by atoms with Gasteiger partial charge in [0.2, 0.25) is 0 Å². The van der Waals surface area contributed by atoms with Gasteiger partial charge in [-0.2, -0.15) is 0 Å². The third-order valence-corrected chi connectivity index (χ3v) is 11.1. The highest BCUT2D eigenvalue weighted by molar-refractivity contribution is 5.71. The number of hydrogen-bond acceptors (Lipinski definition) is 6. The molecule has 0 aliphatic carbocycles. The highest BCUT2D eigenvalue weighted by Gasteiger charge is 2.19. The number of carbonyl (C=O) groups is 3. The van der Waals surface area contributed by atoms with E-state index in [0.717, 1.165) is 75.5 Å². The van der Waals surface area contributed by atoms with Gasteiger partial charge in [-0.1, -0.05) is 208 Å². The summed E-state index contributed by atoms with van der Waals surface area (Å²) in [7, 11) is 0. The zero-order chi connectivity index (χ0) is 39.2. The molecule has 2 unspecified atom stereocenters. The first-order valence-electron chi connectivity index (χ1n) is 23.2. The van der Waals surface area contributed by atoms with E-state index >= 15 is 0 Å². The molecule has 0 aromatic heterocycles. The van der Waals surface area contributed by atoms with Gasteiger partial charge in [0.1, 0.15) is 13.2 Å². The fourth-order valence-corrected chi connectivity index (χ4v) is 6.81. The second kappa shape index (κ2) is 38.7. The van der Waals surface area contributed by atoms with E-state index in [1.54, 1.807) is 0 Å². The van der Waals surface area contributed by atoms with Gasteiger partial charge in [-0.15, -0.1) is 0 Å². The summed E-state index contributed by atoms with van der Waals surface area (Å²) in [6.45, 7) is 13.6. The van der Waals surface area contributed by atoms with Crippen LogP contribution in [0.15, 0.2) is 0 Å². The molecule has 0 saturated carbocycles. The van der Waals surface area contributed by atoms with E-state index in [4.69, 9.17) is 14.2 Å². The van der Waals surface area contributed by atoms with Crippen LogP contribution in [0.2, 0.25) is 0 Å². The minimum absolute atomic E-state index is 0.0669. The number of hydrogen-bond donors (Lipinski definition) is 0. The van der Waals surface area contributed by atoms with Gasteiger partial charge < -0.3 is 14.2 Å². The molecule has 314 valence electrons. The zero-order valence-corrected chi connectivity index (χ0v) is 36.3. The molecule has 0 bridgehead atoms. The standard InChI is InChI=1S/C47H90O6/c1-7-42(5)34-28-22-16-11-9-10-12-17-24-30-36-45(48)51-39-44(53-47(50)38-32-26-20-19-23-29-35-43(6)8-2)40-52-46(49)37-31-25-18-14-13-15-21-27-33-41(3)4/h41-44H,7-40H2,1-6H3/t42?,43?,44-/m1/s1. The maximum Gasteiger partial charge on any atom is 0.306 e. The second-order valence-electron chi connectivity index (χ2n) is 17.0. The maximum absolute atomic E-state index is 12.7. The lowest BCUT2D eigenvalue weighted by molar-refractivity contribution is -0.167. The van der Waals surface area contributed by atoms with Crippen LogP contribution in [0.4, 0.5) is 0 Å². The summed E-state index contributed by atoms with van der Waals surface area (Å²) in [5.74, 6) is 1.61. The third-order valence-electron chi connectivity index (χ3n) is 11.1. The predicted octanol–water partition coefficient (Wildman–Crippen LogP) is 14.4. The lowest BCUT2D eigenvalue weighted by atomic mass is 9.99. The van der Waals surface area contributed by atoms with Crippen molar-refractivity contribution in [2.75, 3.05) is 13.2 Å². The van der Waals surface area contributed by atoms with Crippen molar-refractivity contribution < 1.29 is 28.6 Å². The smallest absolute Gasteiger partial charge is 0.306 e. The van der Waals surface area contributed by atoms with Crippen LogP contribution in [0.25, 0.3) is 0 Å². The normalized spacial score (nSPS) is 13.2. The minimum atomic E-state index is -0.762. The highest BCUT2D eigenvalue weighted by atomic mass is 16.6. The van der Waals surface area contributed by atoms with Gasteiger partial charge in [0, 0.05) is 19.3 Å². The van der Waals surface area contributed by atoms with Gasteiger partial charge in [0.25, 0.3) is 0 Å². The molecule has 0 amide bonds. The van der Waals surface area contributed by atoms with Gasteiger partial charge in [0.05, 0.1) is 0 Å². The SMILES string of the molecule is CCC(C)CCCCCCCCCCCCC(=O)OC[C@H](COC(=O)CCCCCCCCCCC(C)C)OC(=O)CCCCCCCCC(C)CC. The molecule has 0 N–H and O–H groups in total. The maximum atomic E-state index is 12.7. The topological polar surface area (TPSA) is 78.9 Å². The molecule has 0 saturated heterocycles. The number of esters is 3. The van der Waals surface area contributed by atoms with Crippen molar-refractivity contribution in [3.63, 3.8) is 0 Å². The Balaban J connectivity index is 4.34. The highest BCUT2D eigenvalue weighted by Crippen LogP contribution is 2.18. The van der Waals surface area contributed by atoms with Gasteiger partial charge in [-0.25, -0.2) is 0 Å². The van der Waals surface area contributed by atoms with Crippen LogP contribution in [0.3, 0.4) is 0 Å². The molecule has 0 fully saturated rings. The van der Waals surface area contributed by atoms with Crippen molar-refractivity contribution >= 4 is 17.9 Å². The Morgan fingerprint density at radius 3 is 0.981 bits per heavy atom. The van der Waals surface area contributed by atoms with Crippen LogP contribution in [-0.2, 0) is 28.6 Å². The Kier molecular flexibility index (Phi) is 37.5. The summed E-state index contributed by atoms with van der Waals surface area (Å²) < 4.78 is 16.7. The molecule has 0 heterocycles. The van der Waals surface area contributed by atoms with E-state index in [1.807, 2.05) is 0 Å². The van der Waals surface area contributed by atoms with E-state index in [-0.39, 0.29) is 31.1 Å². The van der Waals surface area contributed by atoms with E-state index in [2.05, 4.69) is 41.5 Å². The van der Waals surface area contributed by atoms with Crippen LogP contribution >= 0.6 is 0 Å². The molecular weight excluding hydrogens is 661 g/mol. The summed E-state index contributed by atoms with van der Waals surface area (Å²) in [6, 6.07) is 0. The third kappa shape index (κ3) is 38.5. The molecule has 0 aromatic rings. The van der Waals surface area contributed by atoms with Crippen LogP contribution in [0, 0.1) is 17.8 Å². The van der Waals surface area contributed by atoms with Crippen molar-refractivity contribution in [2.24, 2.45) is 17.8 Å². The number of carbonyl (C=O) groups excluding carboxylic acids is 3. The van der Waals surface area contributed by atoms with Crippen molar-refractivity contribution in [3.05, 3.63) is 0 Å². The molecular formula is C47H90O6. The summed E-state index contributed by atoms with van der Waals surface area (Å²) in [5, 5.41) is 0. The Hall–Kier alpha value is -1.59. The van der Waals surface area contributed by atoms with Gasteiger partial charge in [0.15, 0.2) is 6.10 Å². The fourth-order valence-electron chi connectivity index (χ4n) is 6.81. The Morgan fingerprint density at radius 2 is 0.660 bits per heavy atom. The molecule has 3 atom stereocenters. The summed E-state index contributed by atoms with van der Waals surface area (Å²) >= 11 is 0. The zero-order valence-electron chi connectivity index (χ0n) is 36.3. The summed E-state index contributed by atoms with van der Waals surface area (Å²) in [5.41, 5.74) is 0. The molecule has 53 heavy (non-hydrogen) atoms. The predicted molar refractivity (Wildman–Crippen MR) is 224 cm³/mol. The van der Waals surface area contributed by atoms with Crippen molar-refractivity contribution in [1.82, 2.24) is 0 Å². The Bertz CT molecular complexity index is 826. The first-order chi connectivity index (χ1) is 25.7. The number of unbranched alkanes of at least 4 members (excludes halogenated alkanes) is 21. The molecule has 0 aliphatic heterocycles. The Labute approximate surface area is 329 Å². The average Bonchev–Trinajstić information content (AvgIpc) is 3.14. The molecule has 6 nitrogen and oxygen atoms in total. The van der Waals surface area contributed by atoms with Crippen LogP contribution < -0.4 is 0 Å². The lowest BCUT2D eigenvalue weighted by Gasteiger charge is -2.18.